The van der Waals surface area contributed by atoms with E-state index < -0.39 is 0 Å². The molecule has 0 atom stereocenters. The van der Waals surface area contributed by atoms with Crippen molar-refractivity contribution < 1.29 is 4.74 Å². The minimum atomic E-state index is 0.660. The molecule has 23 heavy (non-hydrogen) atoms. The van der Waals surface area contributed by atoms with E-state index in [0.717, 1.165) is 35.7 Å². The number of methoxy groups -OCH3 is 1. The lowest BCUT2D eigenvalue weighted by Gasteiger charge is -2.20. The van der Waals surface area contributed by atoms with E-state index in [4.69, 9.17) is 4.74 Å². The van der Waals surface area contributed by atoms with Gasteiger partial charge in [0.2, 0.25) is 0 Å². The van der Waals surface area contributed by atoms with Crippen molar-refractivity contribution in [1.82, 2.24) is 19.6 Å². The molecule has 0 saturated carbocycles. The van der Waals surface area contributed by atoms with Crippen LogP contribution in [-0.4, -0.2) is 26.7 Å². The first-order chi connectivity index (χ1) is 11.4. The molecule has 3 aromatic rings. The number of fused-ring (bicyclic) bond motifs is 2. The van der Waals surface area contributed by atoms with Gasteiger partial charge in [-0.3, -0.25) is 0 Å². The molecule has 1 N–H and O–H groups in total. The maximum Gasteiger partial charge on any atom is 0.254 e. The Labute approximate surface area is 134 Å². The Morgan fingerprint density at radius 2 is 2.09 bits per heavy atom. The van der Waals surface area contributed by atoms with Crippen LogP contribution in [0.3, 0.4) is 0 Å². The molecule has 0 saturated heterocycles. The van der Waals surface area contributed by atoms with Crippen LogP contribution in [0.15, 0.2) is 30.6 Å². The van der Waals surface area contributed by atoms with Crippen molar-refractivity contribution in [3.8, 4) is 5.75 Å². The van der Waals surface area contributed by atoms with Gasteiger partial charge < -0.3 is 10.1 Å². The molecule has 6 heteroatoms. The molecule has 0 bridgehead atoms. The van der Waals surface area contributed by atoms with Gasteiger partial charge in [-0.25, -0.2) is 4.98 Å². The van der Waals surface area contributed by atoms with Crippen LogP contribution in [0.2, 0.25) is 0 Å². The molecule has 1 aliphatic rings. The van der Waals surface area contributed by atoms with Gasteiger partial charge in [-0.05, 0) is 31.7 Å². The molecule has 6 nitrogen and oxygen atoms in total. The summed E-state index contributed by atoms with van der Waals surface area (Å²) in [6.45, 7) is 0.676. The second kappa shape index (κ2) is 5.87. The van der Waals surface area contributed by atoms with Crippen LogP contribution in [0.1, 0.15) is 29.7 Å². The topological polar surface area (TPSA) is 64.3 Å². The summed E-state index contributed by atoms with van der Waals surface area (Å²) in [4.78, 5) is 8.90. The first-order valence-corrected chi connectivity index (χ1v) is 7.94. The van der Waals surface area contributed by atoms with E-state index in [-0.39, 0.29) is 0 Å². The van der Waals surface area contributed by atoms with Crippen molar-refractivity contribution in [2.75, 3.05) is 12.4 Å². The van der Waals surface area contributed by atoms with Crippen molar-refractivity contribution in [1.29, 1.82) is 0 Å². The summed E-state index contributed by atoms with van der Waals surface area (Å²) in [5.41, 5.74) is 3.54. The molecule has 0 fully saturated rings. The van der Waals surface area contributed by atoms with E-state index in [9.17, 15) is 0 Å². The average molecular weight is 309 g/mol. The highest BCUT2D eigenvalue weighted by Crippen LogP contribution is 2.28. The van der Waals surface area contributed by atoms with Gasteiger partial charge in [0.25, 0.3) is 5.78 Å². The number of hydrogen-bond donors (Lipinski definition) is 1. The van der Waals surface area contributed by atoms with Gasteiger partial charge in [0.15, 0.2) is 0 Å². The number of benzene rings is 1. The highest BCUT2D eigenvalue weighted by atomic mass is 16.5. The summed E-state index contributed by atoms with van der Waals surface area (Å²) < 4.78 is 7.24. The van der Waals surface area contributed by atoms with Gasteiger partial charge in [-0.15, -0.1) is 0 Å². The van der Waals surface area contributed by atoms with Crippen molar-refractivity contribution in [2.24, 2.45) is 0 Å². The van der Waals surface area contributed by atoms with Crippen LogP contribution in [0, 0.1) is 0 Å². The van der Waals surface area contributed by atoms with Crippen molar-refractivity contribution >= 4 is 11.6 Å². The molecule has 0 unspecified atom stereocenters. The molecular formula is C17H19N5O. The highest BCUT2D eigenvalue weighted by Gasteiger charge is 2.19. The molecule has 0 spiro atoms. The van der Waals surface area contributed by atoms with E-state index in [2.05, 4.69) is 26.4 Å². The van der Waals surface area contributed by atoms with Gasteiger partial charge in [0.1, 0.15) is 17.9 Å². The van der Waals surface area contributed by atoms with Crippen LogP contribution in [0.25, 0.3) is 5.78 Å². The Morgan fingerprint density at radius 1 is 1.22 bits per heavy atom. The van der Waals surface area contributed by atoms with Crippen molar-refractivity contribution in [3.63, 3.8) is 0 Å². The average Bonchev–Trinajstić information content (AvgIpc) is 3.07. The number of aromatic nitrogens is 4. The normalized spacial score (nSPS) is 13.8. The number of hydrogen-bond acceptors (Lipinski definition) is 5. The Morgan fingerprint density at radius 3 is 3.00 bits per heavy atom. The number of ether oxygens (including phenoxy) is 1. The molecule has 118 valence electrons. The summed E-state index contributed by atoms with van der Waals surface area (Å²) in [6.07, 6.45) is 5.99. The van der Waals surface area contributed by atoms with E-state index in [1.54, 1.807) is 18.0 Å². The SMILES string of the molecule is COc1ccccc1CNc1c2c(nc3ncnn13)CCCC2. The summed E-state index contributed by atoms with van der Waals surface area (Å²) in [5, 5.41) is 7.86. The van der Waals surface area contributed by atoms with Crippen LogP contribution < -0.4 is 10.1 Å². The maximum absolute atomic E-state index is 5.43. The summed E-state index contributed by atoms with van der Waals surface area (Å²) >= 11 is 0. The second-order valence-corrected chi connectivity index (χ2v) is 5.73. The van der Waals surface area contributed by atoms with Gasteiger partial charge in [-0.1, -0.05) is 18.2 Å². The molecular weight excluding hydrogens is 290 g/mol. The van der Waals surface area contributed by atoms with Gasteiger partial charge in [0, 0.05) is 17.7 Å². The Hall–Kier alpha value is -2.63. The van der Waals surface area contributed by atoms with Gasteiger partial charge in [0.05, 0.1) is 12.8 Å². The summed E-state index contributed by atoms with van der Waals surface area (Å²) in [7, 11) is 1.70. The Bertz CT molecular complexity index is 842. The molecule has 1 aliphatic carbocycles. The van der Waals surface area contributed by atoms with Gasteiger partial charge >= 0.3 is 0 Å². The number of para-hydroxylation sites is 1. The number of anilines is 1. The quantitative estimate of drug-likeness (QED) is 0.802. The predicted octanol–water partition coefficient (Wildman–Crippen LogP) is 2.62. The number of rotatable bonds is 4. The number of nitrogens with zero attached hydrogens (tertiary/aromatic N) is 4. The summed E-state index contributed by atoms with van der Waals surface area (Å²) in [5.74, 6) is 2.55. The van der Waals surface area contributed by atoms with E-state index in [1.165, 1.54) is 18.4 Å². The Kier molecular flexibility index (Phi) is 3.57. The lowest BCUT2D eigenvalue weighted by molar-refractivity contribution is 0.410. The third kappa shape index (κ3) is 2.50. The second-order valence-electron chi connectivity index (χ2n) is 5.73. The van der Waals surface area contributed by atoms with Crippen molar-refractivity contribution in [2.45, 2.75) is 32.2 Å². The van der Waals surface area contributed by atoms with Crippen LogP contribution in [0.5, 0.6) is 5.75 Å². The first-order valence-electron chi connectivity index (χ1n) is 7.94. The van der Waals surface area contributed by atoms with Crippen LogP contribution in [-0.2, 0) is 19.4 Å². The highest BCUT2D eigenvalue weighted by molar-refractivity contribution is 5.54. The molecule has 0 aliphatic heterocycles. The summed E-state index contributed by atoms with van der Waals surface area (Å²) in [6, 6.07) is 8.04. The molecule has 1 aromatic carbocycles. The fourth-order valence-corrected chi connectivity index (χ4v) is 3.20. The number of nitrogens with one attached hydrogen (secondary N) is 1. The minimum absolute atomic E-state index is 0.660. The third-order valence-corrected chi connectivity index (χ3v) is 4.34. The molecule has 0 radical (unpaired) electrons. The fourth-order valence-electron chi connectivity index (χ4n) is 3.20. The van der Waals surface area contributed by atoms with Crippen LogP contribution >= 0.6 is 0 Å². The smallest absolute Gasteiger partial charge is 0.254 e. The van der Waals surface area contributed by atoms with E-state index >= 15 is 0 Å². The first kappa shape index (κ1) is 14.0. The largest absolute Gasteiger partial charge is 0.496 e. The maximum atomic E-state index is 5.43. The van der Waals surface area contributed by atoms with Gasteiger partial charge in [-0.2, -0.15) is 14.6 Å². The fraction of sp³-hybridized carbons (Fsp3) is 0.353. The standard InChI is InChI=1S/C17H19N5O/c1-23-15-9-5-2-6-12(15)10-18-16-13-7-3-4-8-14(13)21-17-19-11-20-22(16)17/h2,5-6,9,11,18H,3-4,7-8,10H2,1H3. The molecule has 2 aromatic heterocycles. The van der Waals surface area contributed by atoms with E-state index in [1.807, 2.05) is 18.2 Å². The lowest BCUT2D eigenvalue weighted by atomic mass is 9.96. The predicted molar refractivity (Wildman–Crippen MR) is 87.7 cm³/mol. The van der Waals surface area contributed by atoms with Crippen molar-refractivity contribution in [3.05, 3.63) is 47.4 Å². The van der Waals surface area contributed by atoms with E-state index in [0.29, 0.717) is 12.3 Å². The molecule has 2 heterocycles. The lowest BCUT2D eigenvalue weighted by Crippen LogP contribution is -2.15. The molecule has 4 rings (SSSR count). The molecule has 0 amide bonds. The number of aryl methyl sites for hydroxylation is 1. The Balaban J connectivity index is 1.72. The third-order valence-electron chi connectivity index (χ3n) is 4.34. The zero-order valence-electron chi connectivity index (χ0n) is 13.1. The monoisotopic (exact) mass is 309 g/mol. The zero-order chi connectivity index (χ0) is 15.6. The minimum Gasteiger partial charge on any atom is -0.496 e. The zero-order valence-corrected chi connectivity index (χ0v) is 13.1. The van der Waals surface area contributed by atoms with Crippen LogP contribution in [0.4, 0.5) is 5.82 Å².